The fourth-order valence-corrected chi connectivity index (χ4v) is 3.10. The van der Waals surface area contributed by atoms with Crippen LogP contribution in [0.5, 0.6) is 0 Å². The van der Waals surface area contributed by atoms with Gasteiger partial charge in [0.15, 0.2) is 0 Å². The van der Waals surface area contributed by atoms with Crippen LogP contribution in [0.4, 0.5) is 0 Å². The van der Waals surface area contributed by atoms with Crippen LogP contribution in [0.25, 0.3) is 0 Å². The molecule has 1 fully saturated rings. The number of likely N-dealkylation sites (tertiary alicyclic amines) is 1. The van der Waals surface area contributed by atoms with Gasteiger partial charge in [-0.1, -0.05) is 12.1 Å². The maximum Gasteiger partial charge on any atom is 0.252 e. The van der Waals surface area contributed by atoms with E-state index in [2.05, 4.69) is 46.7 Å². The van der Waals surface area contributed by atoms with Gasteiger partial charge in [0.2, 0.25) is 0 Å². The third-order valence-corrected chi connectivity index (χ3v) is 4.65. The van der Waals surface area contributed by atoms with Crippen molar-refractivity contribution in [3.8, 4) is 0 Å². The molecule has 1 aromatic carbocycles. The number of piperidine rings is 1. The Morgan fingerprint density at radius 1 is 1.32 bits per heavy atom. The standard InChI is InChI=1S/C15H21IN2O/c1-11(2)18-9-7-12(8-10-18)17-15(19)13-5-3-4-6-14(13)16/h3-6,11-12H,7-10H2,1-2H3,(H,17,19). The molecule has 0 spiro atoms. The van der Waals surface area contributed by atoms with E-state index < -0.39 is 0 Å². The van der Waals surface area contributed by atoms with Crippen LogP contribution in [0.15, 0.2) is 24.3 Å². The highest BCUT2D eigenvalue weighted by atomic mass is 127. The van der Waals surface area contributed by atoms with Crippen LogP contribution < -0.4 is 5.32 Å². The summed E-state index contributed by atoms with van der Waals surface area (Å²) in [5.41, 5.74) is 0.786. The number of carbonyl (C=O) groups excluding carboxylic acids is 1. The lowest BCUT2D eigenvalue weighted by molar-refractivity contribution is 0.0900. The second-order valence-electron chi connectivity index (χ2n) is 5.36. The van der Waals surface area contributed by atoms with Gasteiger partial charge in [-0.05, 0) is 61.4 Å². The lowest BCUT2D eigenvalue weighted by Gasteiger charge is -2.34. The summed E-state index contributed by atoms with van der Waals surface area (Å²) in [5, 5.41) is 3.17. The number of benzene rings is 1. The van der Waals surface area contributed by atoms with E-state index >= 15 is 0 Å². The minimum Gasteiger partial charge on any atom is -0.349 e. The van der Waals surface area contributed by atoms with Crippen molar-refractivity contribution in [2.75, 3.05) is 13.1 Å². The van der Waals surface area contributed by atoms with Crippen molar-refractivity contribution in [3.63, 3.8) is 0 Å². The third-order valence-electron chi connectivity index (χ3n) is 3.71. The van der Waals surface area contributed by atoms with E-state index in [4.69, 9.17) is 0 Å². The molecule has 0 radical (unpaired) electrons. The summed E-state index contributed by atoms with van der Waals surface area (Å²) in [6.07, 6.45) is 2.10. The SMILES string of the molecule is CC(C)N1CCC(NC(=O)c2ccccc2I)CC1. The molecule has 1 heterocycles. The Balaban J connectivity index is 1.89. The Labute approximate surface area is 128 Å². The van der Waals surface area contributed by atoms with Gasteiger partial charge in [-0.2, -0.15) is 0 Å². The van der Waals surface area contributed by atoms with Gasteiger partial charge in [0, 0.05) is 28.7 Å². The fraction of sp³-hybridized carbons (Fsp3) is 0.533. The molecule has 4 heteroatoms. The van der Waals surface area contributed by atoms with Gasteiger partial charge >= 0.3 is 0 Å². The highest BCUT2D eigenvalue weighted by Gasteiger charge is 2.22. The van der Waals surface area contributed by atoms with Gasteiger partial charge in [0.05, 0.1) is 5.56 Å². The van der Waals surface area contributed by atoms with E-state index in [0.717, 1.165) is 35.1 Å². The highest BCUT2D eigenvalue weighted by Crippen LogP contribution is 2.15. The predicted molar refractivity (Wildman–Crippen MR) is 86.4 cm³/mol. The van der Waals surface area contributed by atoms with Crippen molar-refractivity contribution in [3.05, 3.63) is 33.4 Å². The molecule has 0 bridgehead atoms. The summed E-state index contributed by atoms with van der Waals surface area (Å²) in [7, 11) is 0. The minimum atomic E-state index is 0.0630. The number of nitrogens with one attached hydrogen (secondary N) is 1. The predicted octanol–water partition coefficient (Wildman–Crippen LogP) is 2.89. The number of hydrogen-bond acceptors (Lipinski definition) is 2. The Bertz CT molecular complexity index is 440. The van der Waals surface area contributed by atoms with Crippen LogP contribution in [-0.2, 0) is 0 Å². The van der Waals surface area contributed by atoms with Gasteiger partial charge in [-0.25, -0.2) is 0 Å². The molecule has 0 unspecified atom stereocenters. The van der Waals surface area contributed by atoms with E-state index in [-0.39, 0.29) is 5.91 Å². The molecule has 3 nitrogen and oxygen atoms in total. The number of hydrogen-bond donors (Lipinski definition) is 1. The van der Waals surface area contributed by atoms with Gasteiger partial charge in [0.25, 0.3) is 5.91 Å². The zero-order chi connectivity index (χ0) is 13.8. The first-order chi connectivity index (χ1) is 9.08. The van der Waals surface area contributed by atoms with E-state index in [9.17, 15) is 4.79 Å². The first-order valence-electron chi connectivity index (χ1n) is 6.87. The van der Waals surface area contributed by atoms with Crippen LogP contribution in [0.2, 0.25) is 0 Å². The molecule has 1 saturated heterocycles. The molecule has 104 valence electrons. The molecule has 1 aliphatic heterocycles. The van der Waals surface area contributed by atoms with Crippen molar-refractivity contribution in [2.45, 2.75) is 38.8 Å². The second-order valence-corrected chi connectivity index (χ2v) is 6.52. The van der Waals surface area contributed by atoms with Crippen LogP contribution >= 0.6 is 22.6 Å². The summed E-state index contributed by atoms with van der Waals surface area (Å²) in [5.74, 6) is 0.0630. The third kappa shape index (κ3) is 3.92. The molecule has 0 atom stereocenters. The highest BCUT2D eigenvalue weighted by molar-refractivity contribution is 14.1. The molecule has 1 N–H and O–H groups in total. The molecule has 2 rings (SSSR count). The molecule has 1 aromatic rings. The summed E-state index contributed by atoms with van der Waals surface area (Å²) < 4.78 is 1.01. The van der Waals surface area contributed by atoms with E-state index in [1.165, 1.54) is 0 Å². The maximum absolute atomic E-state index is 12.2. The zero-order valence-electron chi connectivity index (χ0n) is 11.5. The van der Waals surface area contributed by atoms with Gasteiger partial charge < -0.3 is 10.2 Å². The maximum atomic E-state index is 12.2. The summed E-state index contributed by atoms with van der Waals surface area (Å²) in [6, 6.07) is 8.65. The van der Waals surface area contributed by atoms with Gasteiger partial charge in [0.1, 0.15) is 0 Å². The smallest absolute Gasteiger partial charge is 0.252 e. The van der Waals surface area contributed by atoms with Crippen LogP contribution in [0.1, 0.15) is 37.0 Å². The number of halogens is 1. The minimum absolute atomic E-state index is 0.0630. The van der Waals surface area contributed by atoms with E-state index in [1.807, 2.05) is 24.3 Å². The fourth-order valence-electron chi connectivity index (χ4n) is 2.47. The van der Waals surface area contributed by atoms with Crippen molar-refractivity contribution >= 4 is 28.5 Å². The van der Waals surface area contributed by atoms with Crippen LogP contribution in [0.3, 0.4) is 0 Å². The Hall–Kier alpha value is -0.620. The number of nitrogens with zero attached hydrogens (tertiary/aromatic N) is 1. The van der Waals surface area contributed by atoms with Crippen LogP contribution in [-0.4, -0.2) is 36.0 Å². The number of amides is 1. The molecule has 0 aromatic heterocycles. The molecule has 19 heavy (non-hydrogen) atoms. The average molecular weight is 372 g/mol. The van der Waals surface area contributed by atoms with Crippen LogP contribution in [0, 0.1) is 3.57 Å². The molecule has 0 aliphatic carbocycles. The first kappa shape index (κ1) is 14.8. The lowest BCUT2D eigenvalue weighted by atomic mass is 10.0. The Morgan fingerprint density at radius 2 is 1.95 bits per heavy atom. The van der Waals surface area contributed by atoms with Crippen molar-refractivity contribution in [2.24, 2.45) is 0 Å². The summed E-state index contributed by atoms with van der Waals surface area (Å²) in [6.45, 7) is 6.61. The Kier molecular flexibility index (Phi) is 5.21. The van der Waals surface area contributed by atoms with Gasteiger partial charge in [-0.3, -0.25) is 4.79 Å². The van der Waals surface area contributed by atoms with Crippen molar-refractivity contribution in [1.82, 2.24) is 10.2 Å². The van der Waals surface area contributed by atoms with E-state index in [0.29, 0.717) is 12.1 Å². The monoisotopic (exact) mass is 372 g/mol. The lowest BCUT2D eigenvalue weighted by Crippen LogP contribution is -2.46. The number of rotatable bonds is 3. The average Bonchev–Trinajstić information content (AvgIpc) is 2.39. The Morgan fingerprint density at radius 3 is 2.53 bits per heavy atom. The van der Waals surface area contributed by atoms with Gasteiger partial charge in [-0.15, -0.1) is 0 Å². The number of carbonyl (C=O) groups is 1. The topological polar surface area (TPSA) is 32.3 Å². The molecular formula is C15H21IN2O. The van der Waals surface area contributed by atoms with Crippen molar-refractivity contribution < 1.29 is 4.79 Å². The molecular weight excluding hydrogens is 351 g/mol. The first-order valence-corrected chi connectivity index (χ1v) is 7.95. The normalized spacial score (nSPS) is 17.7. The largest absolute Gasteiger partial charge is 0.349 e. The molecule has 0 saturated carbocycles. The van der Waals surface area contributed by atoms with E-state index in [1.54, 1.807) is 0 Å². The zero-order valence-corrected chi connectivity index (χ0v) is 13.7. The quantitative estimate of drug-likeness (QED) is 0.828. The van der Waals surface area contributed by atoms with Crippen molar-refractivity contribution in [1.29, 1.82) is 0 Å². The summed E-state index contributed by atoms with van der Waals surface area (Å²) in [4.78, 5) is 14.7. The molecule has 1 aliphatic rings. The second kappa shape index (κ2) is 6.70. The summed E-state index contributed by atoms with van der Waals surface area (Å²) >= 11 is 2.21. The molecule has 1 amide bonds.